The monoisotopic (exact) mass is 217 g/mol. The molecule has 0 aliphatic carbocycles. The first-order valence-corrected chi connectivity index (χ1v) is 6.28. The number of rotatable bonds is 5. The molecule has 0 spiro atoms. The predicted octanol–water partition coefficient (Wildman–Crippen LogP) is 1.42. The van der Waals surface area contributed by atoms with Crippen LogP contribution in [0, 0.1) is 0 Å². The van der Waals surface area contributed by atoms with Gasteiger partial charge < -0.3 is 10.1 Å². The Morgan fingerprint density at radius 1 is 1.64 bits per heavy atom. The van der Waals surface area contributed by atoms with Crippen molar-refractivity contribution in [1.82, 2.24) is 5.32 Å². The van der Waals surface area contributed by atoms with Crippen LogP contribution in [0.4, 0.5) is 0 Å². The Morgan fingerprint density at radius 2 is 2.43 bits per heavy atom. The van der Waals surface area contributed by atoms with Crippen molar-refractivity contribution in [2.24, 2.45) is 0 Å². The summed E-state index contributed by atoms with van der Waals surface area (Å²) in [7, 11) is 0. The molecule has 0 aromatic heterocycles. The van der Waals surface area contributed by atoms with Crippen LogP contribution in [0.3, 0.4) is 0 Å². The molecule has 0 unspecified atom stereocenters. The van der Waals surface area contributed by atoms with E-state index < -0.39 is 0 Å². The van der Waals surface area contributed by atoms with Gasteiger partial charge in [-0.3, -0.25) is 4.79 Å². The van der Waals surface area contributed by atoms with Crippen LogP contribution in [0.5, 0.6) is 0 Å². The first-order valence-electron chi connectivity index (χ1n) is 5.24. The minimum atomic E-state index is 0.149. The molecule has 0 aromatic rings. The molecule has 1 aliphatic rings. The highest BCUT2D eigenvalue weighted by molar-refractivity contribution is 8.00. The minimum Gasteiger partial charge on any atom is -0.377 e. The van der Waals surface area contributed by atoms with E-state index in [4.69, 9.17) is 4.74 Å². The highest BCUT2D eigenvalue weighted by Crippen LogP contribution is 2.25. The van der Waals surface area contributed by atoms with Crippen LogP contribution in [-0.2, 0) is 9.53 Å². The van der Waals surface area contributed by atoms with Crippen molar-refractivity contribution in [1.29, 1.82) is 0 Å². The van der Waals surface area contributed by atoms with Gasteiger partial charge >= 0.3 is 0 Å². The summed E-state index contributed by atoms with van der Waals surface area (Å²) in [6, 6.07) is 0. The zero-order valence-corrected chi connectivity index (χ0v) is 9.73. The summed E-state index contributed by atoms with van der Waals surface area (Å²) in [5, 5.41) is 3.37. The molecule has 2 atom stereocenters. The van der Waals surface area contributed by atoms with Gasteiger partial charge in [0, 0.05) is 18.4 Å². The van der Waals surface area contributed by atoms with Crippen LogP contribution < -0.4 is 5.32 Å². The van der Waals surface area contributed by atoms with Crippen molar-refractivity contribution in [3.05, 3.63) is 0 Å². The first kappa shape index (κ1) is 11.9. The standard InChI is InChI=1S/C10H19NO2S/c1-3-5-11-10(12)7-14-9-4-6-13-8(9)2/h8-9H,3-7H2,1-2H3,(H,11,12)/t8-,9-/m1/s1. The summed E-state index contributed by atoms with van der Waals surface area (Å²) < 4.78 is 5.43. The molecule has 3 nitrogen and oxygen atoms in total. The Morgan fingerprint density at radius 3 is 3.00 bits per heavy atom. The SMILES string of the molecule is CCCNC(=O)CS[C@@H]1CCO[C@@H]1C. The van der Waals surface area contributed by atoms with E-state index in [9.17, 15) is 4.79 Å². The second kappa shape index (κ2) is 6.30. The van der Waals surface area contributed by atoms with Gasteiger partial charge in [-0.25, -0.2) is 0 Å². The van der Waals surface area contributed by atoms with E-state index in [1.165, 1.54) is 0 Å². The van der Waals surface area contributed by atoms with Gasteiger partial charge in [0.2, 0.25) is 5.91 Å². The topological polar surface area (TPSA) is 38.3 Å². The van der Waals surface area contributed by atoms with Gasteiger partial charge in [0.15, 0.2) is 0 Å². The fourth-order valence-electron chi connectivity index (χ4n) is 1.43. The number of amides is 1. The van der Waals surface area contributed by atoms with E-state index in [0.717, 1.165) is 26.0 Å². The molecule has 1 aliphatic heterocycles. The average molecular weight is 217 g/mol. The summed E-state index contributed by atoms with van der Waals surface area (Å²) in [5.74, 6) is 0.717. The Kier molecular flexibility index (Phi) is 5.33. The van der Waals surface area contributed by atoms with Crippen molar-refractivity contribution >= 4 is 17.7 Å². The van der Waals surface area contributed by atoms with E-state index in [1.807, 2.05) is 0 Å². The van der Waals surface area contributed by atoms with Gasteiger partial charge in [-0.2, -0.15) is 0 Å². The lowest BCUT2D eigenvalue weighted by Crippen LogP contribution is -2.27. The lowest BCUT2D eigenvalue weighted by atomic mass is 10.3. The van der Waals surface area contributed by atoms with Crippen molar-refractivity contribution in [2.75, 3.05) is 18.9 Å². The lowest BCUT2D eigenvalue weighted by molar-refractivity contribution is -0.118. The molecule has 1 N–H and O–H groups in total. The van der Waals surface area contributed by atoms with Crippen molar-refractivity contribution < 1.29 is 9.53 Å². The summed E-state index contributed by atoms with van der Waals surface area (Å²) >= 11 is 1.71. The molecule has 0 saturated carbocycles. The second-order valence-electron chi connectivity index (χ2n) is 3.56. The molecule has 0 bridgehead atoms. The van der Waals surface area contributed by atoms with E-state index in [1.54, 1.807) is 11.8 Å². The quantitative estimate of drug-likeness (QED) is 0.757. The Balaban J connectivity index is 2.10. The van der Waals surface area contributed by atoms with Crippen LogP contribution in [0.25, 0.3) is 0 Å². The summed E-state index contributed by atoms with van der Waals surface area (Å²) in [6.45, 7) is 5.76. The number of hydrogen-bond acceptors (Lipinski definition) is 3. The normalized spacial score (nSPS) is 26.4. The predicted molar refractivity (Wildman–Crippen MR) is 59.6 cm³/mol. The smallest absolute Gasteiger partial charge is 0.230 e. The first-order chi connectivity index (χ1) is 6.74. The number of ether oxygens (including phenoxy) is 1. The van der Waals surface area contributed by atoms with Gasteiger partial charge in [0.05, 0.1) is 11.9 Å². The third-order valence-electron chi connectivity index (χ3n) is 2.31. The summed E-state index contributed by atoms with van der Waals surface area (Å²) in [6.07, 6.45) is 2.38. The van der Waals surface area contributed by atoms with Crippen LogP contribution in [-0.4, -0.2) is 36.2 Å². The number of carbonyl (C=O) groups is 1. The molecular formula is C10H19NO2S. The molecule has 0 aromatic carbocycles. The number of carbonyl (C=O) groups excluding carboxylic acids is 1. The third kappa shape index (κ3) is 3.88. The minimum absolute atomic E-state index is 0.149. The van der Waals surface area contributed by atoms with Crippen LogP contribution >= 0.6 is 11.8 Å². The summed E-state index contributed by atoms with van der Waals surface area (Å²) in [4.78, 5) is 11.3. The Hall–Kier alpha value is -0.220. The zero-order valence-electron chi connectivity index (χ0n) is 8.91. The van der Waals surface area contributed by atoms with Crippen LogP contribution in [0.15, 0.2) is 0 Å². The fourth-order valence-corrected chi connectivity index (χ4v) is 2.51. The number of nitrogens with one attached hydrogen (secondary N) is 1. The second-order valence-corrected chi connectivity index (χ2v) is 4.79. The molecule has 14 heavy (non-hydrogen) atoms. The van der Waals surface area contributed by atoms with Gasteiger partial charge in [0.25, 0.3) is 0 Å². The summed E-state index contributed by atoms with van der Waals surface area (Å²) in [5.41, 5.74) is 0. The molecule has 1 heterocycles. The average Bonchev–Trinajstić information content (AvgIpc) is 2.58. The Bertz CT molecular complexity index is 187. The van der Waals surface area contributed by atoms with E-state index in [2.05, 4.69) is 19.2 Å². The number of thioether (sulfide) groups is 1. The zero-order chi connectivity index (χ0) is 10.4. The molecule has 1 rings (SSSR count). The molecule has 1 amide bonds. The Labute approximate surface area is 90.0 Å². The van der Waals surface area contributed by atoms with Crippen LogP contribution in [0.1, 0.15) is 26.7 Å². The van der Waals surface area contributed by atoms with Gasteiger partial charge in [-0.05, 0) is 19.8 Å². The molecule has 4 heteroatoms. The molecule has 1 fully saturated rings. The fraction of sp³-hybridized carbons (Fsp3) is 0.900. The maximum absolute atomic E-state index is 11.3. The van der Waals surface area contributed by atoms with Gasteiger partial charge in [-0.15, -0.1) is 11.8 Å². The van der Waals surface area contributed by atoms with Crippen LogP contribution in [0.2, 0.25) is 0 Å². The van der Waals surface area contributed by atoms with Crippen molar-refractivity contribution in [3.8, 4) is 0 Å². The molecular weight excluding hydrogens is 198 g/mol. The maximum atomic E-state index is 11.3. The van der Waals surface area contributed by atoms with E-state index >= 15 is 0 Å². The van der Waals surface area contributed by atoms with Gasteiger partial charge in [0.1, 0.15) is 0 Å². The molecule has 1 saturated heterocycles. The van der Waals surface area contributed by atoms with Gasteiger partial charge in [-0.1, -0.05) is 6.92 Å². The maximum Gasteiger partial charge on any atom is 0.230 e. The highest BCUT2D eigenvalue weighted by Gasteiger charge is 2.24. The number of hydrogen-bond donors (Lipinski definition) is 1. The highest BCUT2D eigenvalue weighted by atomic mass is 32.2. The van der Waals surface area contributed by atoms with E-state index in [0.29, 0.717) is 17.1 Å². The molecule has 82 valence electrons. The third-order valence-corrected chi connectivity index (χ3v) is 3.78. The van der Waals surface area contributed by atoms with Crippen molar-refractivity contribution in [3.63, 3.8) is 0 Å². The molecule has 0 radical (unpaired) electrons. The lowest BCUT2D eigenvalue weighted by Gasteiger charge is -2.12. The van der Waals surface area contributed by atoms with Crippen molar-refractivity contribution in [2.45, 2.75) is 38.0 Å². The van der Waals surface area contributed by atoms with E-state index in [-0.39, 0.29) is 5.91 Å². The largest absolute Gasteiger partial charge is 0.377 e.